The predicted molar refractivity (Wildman–Crippen MR) is 70.7 cm³/mol. The Bertz CT molecular complexity index is 417. The second-order valence-electron chi connectivity index (χ2n) is 4.91. The van der Waals surface area contributed by atoms with Crippen molar-refractivity contribution in [3.63, 3.8) is 0 Å². The van der Waals surface area contributed by atoms with E-state index in [0.717, 1.165) is 6.07 Å². The Morgan fingerprint density at radius 1 is 1.25 bits per heavy atom. The Morgan fingerprint density at radius 2 is 1.90 bits per heavy atom. The maximum Gasteiger partial charge on any atom is 0.419 e. The highest BCUT2D eigenvalue weighted by molar-refractivity contribution is 5.35. The van der Waals surface area contributed by atoms with Gasteiger partial charge in [-0.1, -0.05) is 12.1 Å². The van der Waals surface area contributed by atoms with Crippen molar-refractivity contribution in [1.29, 1.82) is 0 Å². The number of aliphatic hydroxyl groups excluding tert-OH is 1. The van der Waals surface area contributed by atoms with Gasteiger partial charge in [0.15, 0.2) is 0 Å². The maximum absolute atomic E-state index is 12.7. The fraction of sp³-hybridized carbons (Fsp3) is 0.571. The molecular weight excluding hydrogens is 271 g/mol. The molecule has 0 aliphatic carbocycles. The summed E-state index contributed by atoms with van der Waals surface area (Å²) in [6.07, 6.45) is -3.26. The summed E-state index contributed by atoms with van der Waals surface area (Å²) in [7, 11) is 1.73. The van der Waals surface area contributed by atoms with Gasteiger partial charge in [0.1, 0.15) is 5.75 Å². The Morgan fingerprint density at radius 3 is 2.45 bits per heavy atom. The molecule has 6 heteroatoms. The zero-order valence-electron chi connectivity index (χ0n) is 11.6. The summed E-state index contributed by atoms with van der Waals surface area (Å²) in [4.78, 5) is 0. The fourth-order valence-corrected chi connectivity index (χ4v) is 1.75. The van der Waals surface area contributed by atoms with E-state index >= 15 is 0 Å². The molecular formula is C14H20F3NO2. The van der Waals surface area contributed by atoms with Crippen molar-refractivity contribution in [2.45, 2.75) is 31.5 Å². The minimum absolute atomic E-state index is 0.0390. The molecule has 1 aromatic rings. The van der Waals surface area contributed by atoms with Crippen LogP contribution in [0.2, 0.25) is 0 Å². The van der Waals surface area contributed by atoms with Gasteiger partial charge < -0.3 is 15.2 Å². The minimum Gasteiger partial charge on any atom is -0.493 e. The lowest BCUT2D eigenvalue weighted by Crippen LogP contribution is -2.43. The second-order valence-corrected chi connectivity index (χ2v) is 4.91. The molecule has 20 heavy (non-hydrogen) atoms. The van der Waals surface area contributed by atoms with E-state index in [2.05, 4.69) is 5.32 Å². The SMILES string of the molecule is CNC(C)(CO)CCCOc1ccccc1C(F)(F)F. The van der Waals surface area contributed by atoms with E-state index in [1.807, 2.05) is 6.92 Å². The summed E-state index contributed by atoms with van der Waals surface area (Å²) in [6.45, 7) is 1.98. The average Bonchev–Trinajstić information content (AvgIpc) is 2.43. The molecule has 0 heterocycles. The Kier molecular flexibility index (Phi) is 5.83. The molecule has 0 amide bonds. The number of hydrogen-bond donors (Lipinski definition) is 2. The largest absolute Gasteiger partial charge is 0.493 e. The average molecular weight is 291 g/mol. The molecule has 3 nitrogen and oxygen atoms in total. The fourth-order valence-electron chi connectivity index (χ4n) is 1.75. The van der Waals surface area contributed by atoms with Crippen LogP contribution in [-0.2, 0) is 6.18 Å². The third-order valence-corrected chi connectivity index (χ3v) is 3.28. The van der Waals surface area contributed by atoms with Gasteiger partial charge in [-0.25, -0.2) is 0 Å². The van der Waals surface area contributed by atoms with Crippen LogP contribution in [0.15, 0.2) is 24.3 Å². The maximum atomic E-state index is 12.7. The van der Waals surface area contributed by atoms with Crippen molar-refractivity contribution >= 4 is 0 Å². The summed E-state index contributed by atoms with van der Waals surface area (Å²) >= 11 is 0. The number of rotatable bonds is 7. The van der Waals surface area contributed by atoms with Crippen molar-refractivity contribution in [1.82, 2.24) is 5.32 Å². The number of alkyl halides is 3. The highest BCUT2D eigenvalue weighted by Crippen LogP contribution is 2.35. The summed E-state index contributed by atoms with van der Waals surface area (Å²) in [5.74, 6) is -0.157. The highest BCUT2D eigenvalue weighted by Gasteiger charge is 2.34. The van der Waals surface area contributed by atoms with E-state index in [0.29, 0.717) is 12.8 Å². The minimum atomic E-state index is -4.42. The van der Waals surface area contributed by atoms with E-state index < -0.39 is 17.3 Å². The van der Waals surface area contributed by atoms with Crippen LogP contribution < -0.4 is 10.1 Å². The molecule has 0 fully saturated rings. The second kappa shape index (κ2) is 6.95. The van der Waals surface area contributed by atoms with Crippen molar-refractivity contribution in [3.05, 3.63) is 29.8 Å². The van der Waals surface area contributed by atoms with Gasteiger partial charge in [0.2, 0.25) is 0 Å². The molecule has 0 radical (unpaired) electrons. The smallest absolute Gasteiger partial charge is 0.419 e. The van der Waals surface area contributed by atoms with E-state index in [-0.39, 0.29) is 19.0 Å². The molecule has 0 aliphatic rings. The van der Waals surface area contributed by atoms with Gasteiger partial charge in [0.05, 0.1) is 18.8 Å². The molecule has 0 spiro atoms. The Labute approximate surface area is 116 Å². The Hall–Kier alpha value is -1.27. The number of para-hydroxylation sites is 1. The van der Waals surface area contributed by atoms with Crippen LogP contribution in [0.3, 0.4) is 0 Å². The Balaban J connectivity index is 2.55. The van der Waals surface area contributed by atoms with Gasteiger partial charge in [-0.15, -0.1) is 0 Å². The highest BCUT2D eigenvalue weighted by atomic mass is 19.4. The van der Waals surface area contributed by atoms with Crippen LogP contribution >= 0.6 is 0 Å². The van der Waals surface area contributed by atoms with Gasteiger partial charge in [-0.2, -0.15) is 13.2 Å². The first-order chi connectivity index (χ1) is 9.32. The molecule has 0 aliphatic heterocycles. The third-order valence-electron chi connectivity index (χ3n) is 3.28. The van der Waals surface area contributed by atoms with E-state index in [9.17, 15) is 18.3 Å². The first-order valence-electron chi connectivity index (χ1n) is 6.41. The number of halogens is 3. The van der Waals surface area contributed by atoms with Gasteiger partial charge in [-0.3, -0.25) is 0 Å². The molecule has 114 valence electrons. The van der Waals surface area contributed by atoms with Gasteiger partial charge in [0.25, 0.3) is 0 Å². The van der Waals surface area contributed by atoms with Crippen molar-refractivity contribution in [2.24, 2.45) is 0 Å². The number of ether oxygens (including phenoxy) is 1. The van der Waals surface area contributed by atoms with Crippen molar-refractivity contribution in [3.8, 4) is 5.75 Å². The van der Waals surface area contributed by atoms with Crippen LogP contribution in [0, 0.1) is 0 Å². The topological polar surface area (TPSA) is 41.5 Å². The summed E-state index contributed by atoms with van der Waals surface area (Å²) < 4.78 is 43.4. The lowest BCUT2D eigenvalue weighted by Gasteiger charge is -2.26. The molecule has 0 saturated heterocycles. The summed E-state index contributed by atoms with van der Waals surface area (Å²) in [5, 5.41) is 12.2. The van der Waals surface area contributed by atoms with Gasteiger partial charge >= 0.3 is 6.18 Å². The van der Waals surface area contributed by atoms with Gasteiger partial charge in [0, 0.05) is 5.54 Å². The van der Waals surface area contributed by atoms with Crippen LogP contribution in [-0.4, -0.2) is 30.9 Å². The molecule has 1 aromatic carbocycles. The molecule has 2 N–H and O–H groups in total. The number of aliphatic hydroxyl groups is 1. The molecule has 0 saturated carbocycles. The molecule has 0 bridgehead atoms. The number of likely N-dealkylation sites (N-methyl/N-ethyl adjacent to an activating group) is 1. The number of nitrogens with one attached hydrogen (secondary N) is 1. The van der Waals surface area contributed by atoms with Crippen LogP contribution in [0.25, 0.3) is 0 Å². The van der Waals surface area contributed by atoms with E-state index in [1.54, 1.807) is 7.05 Å². The molecule has 1 unspecified atom stereocenters. The van der Waals surface area contributed by atoms with Crippen LogP contribution in [0.5, 0.6) is 5.75 Å². The normalized spacial score (nSPS) is 14.9. The summed E-state index contributed by atoms with van der Waals surface area (Å²) in [6, 6.07) is 5.16. The molecule has 1 atom stereocenters. The standard InChI is InChI=1S/C14H20F3NO2/c1-13(10-19,18-2)8-5-9-20-12-7-4-3-6-11(12)14(15,16)17/h3-4,6-7,18-19H,5,8-10H2,1-2H3. The van der Waals surface area contributed by atoms with Crippen molar-refractivity contribution < 1.29 is 23.0 Å². The zero-order valence-corrected chi connectivity index (χ0v) is 11.6. The molecule has 0 aromatic heterocycles. The molecule has 1 rings (SSSR count). The predicted octanol–water partition coefficient (Wildman–Crippen LogP) is 2.83. The van der Waals surface area contributed by atoms with Crippen LogP contribution in [0.4, 0.5) is 13.2 Å². The monoisotopic (exact) mass is 291 g/mol. The van der Waals surface area contributed by atoms with E-state index in [4.69, 9.17) is 4.74 Å². The lowest BCUT2D eigenvalue weighted by molar-refractivity contribution is -0.139. The first-order valence-corrected chi connectivity index (χ1v) is 6.41. The van der Waals surface area contributed by atoms with Crippen LogP contribution in [0.1, 0.15) is 25.3 Å². The van der Waals surface area contributed by atoms with Gasteiger partial charge in [-0.05, 0) is 38.9 Å². The first kappa shape index (κ1) is 16.8. The quantitative estimate of drug-likeness (QED) is 0.759. The zero-order chi connectivity index (χ0) is 15.2. The van der Waals surface area contributed by atoms with Crippen molar-refractivity contribution in [2.75, 3.05) is 20.3 Å². The number of benzene rings is 1. The lowest BCUT2D eigenvalue weighted by atomic mass is 9.97. The third kappa shape index (κ3) is 4.68. The number of hydrogen-bond acceptors (Lipinski definition) is 3. The summed E-state index contributed by atoms with van der Waals surface area (Å²) in [5.41, 5.74) is -1.20. The van der Waals surface area contributed by atoms with E-state index in [1.165, 1.54) is 18.2 Å².